The summed E-state index contributed by atoms with van der Waals surface area (Å²) in [4.78, 5) is 16.6. The third-order valence-corrected chi connectivity index (χ3v) is 4.48. The number of hydrogen-bond acceptors (Lipinski definition) is 5. The van der Waals surface area contributed by atoms with Crippen molar-refractivity contribution in [3.8, 4) is 10.6 Å². The van der Waals surface area contributed by atoms with Gasteiger partial charge < -0.3 is 4.74 Å². The second-order valence-electron chi connectivity index (χ2n) is 5.36. The molecule has 0 amide bonds. The molecule has 0 saturated heterocycles. The molecule has 0 aliphatic rings. The van der Waals surface area contributed by atoms with E-state index in [0.717, 1.165) is 17.0 Å². The molecule has 3 rings (SSSR count). The molecule has 0 bridgehead atoms. The summed E-state index contributed by atoms with van der Waals surface area (Å²) < 4.78 is 44.9. The Balaban J connectivity index is 1.76. The Bertz CT molecular complexity index is 918. The average Bonchev–Trinajstić information content (AvgIpc) is 3.25. The van der Waals surface area contributed by atoms with Crippen LogP contribution >= 0.6 is 11.3 Å². The summed E-state index contributed by atoms with van der Waals surface area (Å²) in [5.74, 6) is -0.451. The third kappa shape index (κ3) is 4.10. The zero-order chi connectivity index (χ0) is 18.7. The van der Waals surface area contributed by atoms with Gasteiger partial charge in [-0.25, -0.2) is 9.78 Å². The Kier molecular flexibility index (Phi) is 5.08. The second kappa shape index (κ2) is 7.28. The highest BCUT2D eigenvalue weighted by atomic mass is 32.1. The van der Waals surface area contributed by atoms with E-state index in [-0.39, 0.29) is 6.61 Å². The molecule has 3 aromatic rings. The van der Waals surface area contributed by atoms with Crippen molar-refractivity contribution in [3.63, 3.8) is 0 Å². The number of carbonyl (C=O) groups excluding carboxylic acids is 1. The Labute approximate surface area is 151 Å². The summed E-state index contributed by atoms with van der Waals surface area (Å²) in [6.07, 6.45) is 0.162. The Morgan fingerprint density at radius 3 is 2.85 bits per heavy atom. The van der Waals surface area contributed by atoms with Gasteiger partial charge in [0, 0.05) is 22.8 Å². The number of nitrogens with zero attached hydrogens (tertiary/aromatic N) is 3. The fourth-order valence-corrected chi connectivity index (χ4v) is 3.17. The van der Waals surface area contributed by atoms with Crippen molar-refractivity contribution < 1.29 is 22.7 Å². The lowest BCUT2D eigenvalue weighted by molar-refractivity contribution is -0.137. The maximum absolute atomic E-state index is 12.8. The zero-order valence-electron chi connectivity index (χ0n) is 13.7. The van der Waals surface area contributed by atoms with Gasteiger partial charge in [0.2, 0.25) is 0 Å². The minimum Gasteiger partial charge on any atom is -0.462 e. The molecule has 2 heterocycles. The van der Waals surface area contributed by atoms with E-state index in [1.807, 2.05) is 0 Å². The molecular weight excluding hydrogens is 367 g/mol. The quantitative estimate of drug-likeness (QED) is 0.620. The lowest BCUT2D eigenvalue weighted by atomic mass is 10.1. The molecule has 136 valence electrons. The molecule has 5 nitrogen and oxygen atoms in total. The van der Waals surface area contributed by atoms with Gasteiger partial charge in [-0.15, -0.1) is 11.3 Å². The SMILES string of the molecule is CCOC(=O)c1cnn(Cc2cnc(-c3cccc(C(F)(F)F)c3)s2)c1. The van der Waals surface area contributed by atoms with E-state index in [1.54, 1.807) is 30.1 Å². The molecule has 0 spiro atoms. The molecule has 0 aliphatic carbocycles. The topological polar surface area (TPSA) is 57.0 Å². The van der Waals surface area contributed by atoms with E-state index < -0.39 is 17.7 Å². The zero-order valence-corrected chi connectivity index (χ0v) is 14.5. The van der Waals surface area contributed by atoms with Crippen LogP contribution in [0.5, 0.6) is 0 Å². The first-order chi connectivity index (χ1) is 12.4. The molecule has 0 atom stereocenters. The largest absolute Gasteiger partial charge is 0.462 e. The van der Waals surface area contributed by atoms with Gasteiger partial charge in [-0.1, -0.05) is 12.1 Å². The van der Waals surface area contributed by atoms with Gasteiger partial charge in [0.25, 0.3) is 0 Å². The molecule has 0 fully saturated rings. The number of aromatic nitrogens is 3. The van der Waals surface area contributed by atoms with Crippen LogP contribution in [0.1, 0.15) is 27.7 Å². The molecule has 0 N–H and O–H groups in total. The molecule has 0 radical (unpaired) electrons. The Hall–Kier alpha value is -2.68. The number of benzene rings is 1. The minimum atomic E-state index is -4.39. The first-order valence-corrected chi connectivity index (χ1v) is 8.50. The standard InChI is InChI=1S/C17H14F3N3O2S/c1-2-25-16(24)12-7-22-23(9-12)10-14-8-21-15(26-14)11-4-3-5-13(6-11)17(18,19)20/h3-9H,2,10H2,1H3. The van der Waals surface area contributed by atoms with E-state index >= 15 is 0 Å². The first kappa shape index (κ1) is 18.1. The second-order valence-corrected chi connectivity index (χ2v) is 6.47. The fraction of sp³-hybridized carbons (Fsp3) is 0.235. The highest BCUT2D eigenvalue weighted by molar-refractivity contribution is 7.15. The summed E-state index contributed by atoms with van der Waals surface area (Å²) in [7, 11) is 0. The molecule has 0 saturated carbocycles. The van der Waals surface area contributed by atoms with Crippen LogP contribution in [0, 0.1) is 0 Å². The van der Waals surface area contributed by atoms with E-state index in [2.05, 4.69) is 10.1 Å². The molecule has 9 heteroatoms. The summed E-state index contributed by atoms with van der Waals surface area (Å²) in [6, 6.07) is 5.05. The van der Waals surface area contributed by atoms with Crippen molar-refractivity contribution in [2.24, 2.45) is 0 Å². The highest BCUT2D eigenvalue weighted by Crippen LogP contribution is 2.33. The van der Waals surface area contributed by atoms with Crippen LogP contribution in [0.2, 0.25) is 0 Å². The lowest BCUT2D eigenvalue weighted by Crippen LogP contribution is -2.04. The molecule has 26 heavy (non-hydrogen) atoms. The van der Waals surface area contributed by atoms with Crippen LogP contribution in [0.25, 0.3) is 10.6 Å². The van der Waals surface area contributed by atoms with E-state index in [4.69, 9.17) is 4.74 Å². The fourth-order valence-electron chi connectivity index (χ4n) is 2.27. The smallest absolute Gasteiger partial charge is 0.416 e. The van der Waals surface area contributed by atoms with Crippen molar-refractivity contribution in [3.05, 3.63) is 58.9 Å². The predicted octanol–water partition coefficient (Wildman–Crippen LogP) is 4.25. The normalized spacial score (nSPS) is 11.5. The number of hydrogen-bond donors (Lipinski definition) is 0. The van der Waals surface area contributed by atoms with Gasteiger partial charge in [-0.2, -0.15) is 18.3 Å². The van der Waals surface area contributed by atoms with Gasteiger partial charge in [0.05, 0.1) is 30.5 Å². The monoisotopic (exact) mass is 381 g/mol. The maximum atomic E-state index is 12.8. The van der Waals surface area contributed by atoms with Crippen LogP contribution in [0.3, 0.4) is 0 Å². The van der Waals surface area contributed by atoms with Crippen LogP contribution in [-0.2, 0) is 17.5 Å². The Morgan fingerprint density at radius 1 is 1.31 bits per heavy atom. The number of rotatable bonds is 5. The molecule has 1 aromatic carbocycles. The van der Waals surface area contributed by atoms with E-state index in [9.17, 15) is 18.0 Å². The minimum absolute atomic E-state index is 0.277. The molecule has 2 aromatic heterocycles. The van der Waals surface area contributed by atoms with Crippen molar-refractivity contribution in [1.29, 1.82) is 0 Å². The van der Waals surface area contributed by atoms with Gasteiger partial charge in [0.15, 0.2) is 0 Å². The third-order valence-electron chi connectivity index (χ3n) is 3.45. The van der Waals surface area contributed by atoms with Crippen molar-refractivity contribution in [2.45, 2.75) is 19.6 Å². The summed E-state index contributed by atoms with van der Waals surface area (Å²) in [5.41, 5.74) is 0.0381. The maximum Gasteiger partial charge on any atom is 0.416 e. The summed E-state index contributed by atoms with van der Waals surface area (Å²) in [5, 5.41) is 4.58. The Morgan fingerprint density at radius 2 is 2.12 bits per heavy atom. The number of carbonyl (C=O) groups is 1. The van der Waals surface area contributed by atoms with Crippen molar-refractivity contribution in [2.75, 3.05) is 6.61 Å². The molecule has 0 aliphatic heterocycles. The van der Waals surface area contributed by atoms with Crippen molar-refractivity contribution >= 4 is 17.3 Å². The lowest BCUT2D eigenvalue weighted by Gasteiger charge is -2.07. The molecular formula is C17H14F3N3O2S. The number of halogens is 3. The van der Waals surface area contributed by atoms with Gasteiger partial charge in [0.1, 0.15) is 5.01 Å². The van der Waals surface area contributed by atoms with Crippen LogP contribution < -0.4 is 0 Å². The number of alkyl halides is 3. The van der Waals surface area contributed by atoms with E-state index in [1.165, 1.54) is 23.6 Å². The number of ether oxygens (including phenoxy) is 1. The summed E-state index contributed by atoms with van der Waals surface area (Å²) >= 11 is 1.27. The van der Waals surface area contributed by atoms with Gasteiger partial charge in [-0.05, 0) is 19.1 Å². The van der Waals surface area contributed by atoms with Crippen molar-refractivity contribution in [1.82, 2.24) is 14.8 Å². The highest BCUT2D eigenvalue weighted by Gasteiger charge is 2.30. The summed E-state index contributed by atoms with van der Waals surface area (Å²) in [6.45, 7) is 2.35. The van der Waals surface area contributed by atoms with Gasteiger partial charge >= 0.3 is 12.1 Å². The van der Waals surface area contributed by atoms with E-state index in [0.29, 0.717) is 22.7 Å². The average molecular weight is 381 g/mol. The first-order valence-electron chi connectivity index (χ1n) is 7.68. The number of thiazole rings is 1. The number of esters is 1. The van der Waals surface area contributed by atoms with Crippen LogP contribution in [-0.4, -0.2) is 27.3 Å². The van der Waals surface area contributed by atoms with Crippen LogP contribution in [0.15, 0.2) is 42.9 Å². The predicted molar refractivity (Wildman–Crippen MR) is 89.8 cm³/mol. The molecule has 0 unspecified atom stereocenters. The van der Waals surface area contributed by atoms with Gasteiger partial charge in [-0.3, -0.25) is 4.68 Å². The van der Waals surface area contributed by atoms with Crippen LogP contribution in [0.4, 0.5) is 13.2 Å².